The third kappa shape index (κ3) is 2.63. The number of benzene rings is 1. The summed E-state index contributed by atoms with van der Waals surface area (Å²) < 4.78 is 5.62. The van der Waals surface area contributed by atoms with Gasteiger partial charge in [-0.2, -0.15) is 0 Å². The van der Waals surface area contributed by atoms with E-state index in [2.05, 4.69) is 35.3 Å². The number of nitrogens with one attached hydrogen (secondary N) is 1. The van der Waals surface area contributed by atoms with Crippen LogP contribution in [0.3, 0.4) is 0 Å². The summed E-state index contributed by atoms with van der Waals surface area (Å²) in [5.74, 6) is 0.609. The van der Waals surface area contributed by atoms with Crippen LogP contribution in [0, 0.1) is 12.8 Å². The molecule has 1 fully saturated rings. The summed E-state index contributed by atoms with van der Waals surface area (Å²) in [5.41, 5.74) is 4.34. The zero-order chi connectivity index (χ0) is 13.2. The highest BCUT2D eigenvalue weighted by Crippen LogP contribution is 2.29. The van der Waals surface area contributed by atoms with E-state index in [1.165, 1.54) is 36.2 Å². The van der Waals surface area contributed by atoms with Crippen LogP contribution in [-0.4, -0.2) is 39.4 Å². The van der Waals surface area contributed by atoms with Crippen LogP contribution in [0.25, 0.3) is 0 Å². The number of aryl methyl sites for hydroxylation is 2. The third-order valence-corrected chi connectivity index (χ3v) is 4.47. The van der Waals surface area contributed by atoms with Crippen molar-refractivity contribution in [2.75, 3.05) is 38.3 Å². The van der Waals surface area contributed by atoms with Crippen molar-refractivity contribution in [3.8, 4) is 0 Å². The minimum atomic E-state index is 0.510. The summed E-state index contributed by atoms with van der Waals surface area (Å²) in [6.45, 7) is 6.23. The van der Waals surface area contributed by atoms with E-state index in [0.717, 1.165) is 19.8 Å². The molecule has 1 N–H and O–H groups in total. The number of fused-ring (bicyclic) bond motifs is 1. The minimum absolute atomic E-state index is 0.510. The van der Waals surface area contributed by atoms with E-state index < -0.39 is 0 Å². The number of ether oxygens (including phenoxy) is 1. The highest BCUT2D eigenvalue weighted by atomic mass is 16.5. The molecule has 0 spiro atoms. The second-order valence-electron chi connectivity index (χ2n) is 5.87. The van der Waals surface area contributed by atoms with Crippen LogP contribution < -0.4 is 10.2 Å². The first-order valence-corrected chi connectivity index (χ1v) is 7.37. The number of rotatable bonds is 3. The van der Waals surface area contributed by atoms with Gasteiger partial charge in [0.1, 0.15) is 0 Å². The smallest absolute Gasteiger partial charge is 0.0623 e. The lowest BCUT2D eigenvalue weighted by molar-refractivity contribution is 0.183. The lowest BCUT2D eigenvalue weighted by Crippen LogP contribution is -2.42. The fraction of sp³-hybridized carbons (Fsp3) is 0.625. The van der Waals surface area contributed by atoms with Crippen molar-refractivity contribution in [3.05, 3.63) is 29.3 Å². The van der Waals surface area contributed by atoms with E-state index in [1.54, 1.807) is 0 Å². The second-order valence-corrected chi connectivity index (χ2v) is 5.87. The maximum Gasteiger partial charge on any atom is 0.0623 e. The topological polar surface area (TPSA) is 24.5 Å². The quantitative estimate of drug-likeness (QED) is 0.899. The predicted molar refractivity (Wildman–Crippen MR) is 78.9 cm³/mol. The molecule has 0 amide bonds. The summed E-state index contributed by atoms with van der Waals surface area (Å²) in [7, 11) is 2.04. The Bertz CT molecular complexity index is 446. The van der Waals surface area contributed by atoms with Gasteiger partial charge in [-0.05, 0) is 38.4 Å². The van der Waals surface area contributed by atoms with Crippen LogP contribution in [0.2, 0.25) is 0 Å². The molecule has 2 aliphatic heterocycles. The molecule has 3 nitrogen and oxygen atoms in total. The Kier molecular flexibility index (Phi) is 3.76. The highest BCUT2D eigenvalue weighted by molar-refractivity contribution is 5.56. The van der Waals surface area contributed by atoms with E-state index in [-0.39, 0.29) is 0 Å². The van der Waals surface area contributed by atoms with E-state index in [0.29, 0.717) is 12.0 Å². The molecule has 0 saturated carbocycles. The van der Waals surface area contributed by atoms with E-state index in [4.69, 9.17) is 4.74 Å². The normalized spacial score (nSPS) is 26.5. The van der Waals surface area contributed by atoms with Gasteiger partial charge in [0.05, 0.1) is 13.2 Å². The van der Waals surface area contributed by atoms with Gasteiger partial charge in [-0.1, -0.05) is 17.7 Å². The number of likely N-dealkylation sites (N-methyl/N-ethyl adjacent to an activating group) is 1. The average Bonchev–Trinajstić information content (AvgIpc) is 2.86. The Morgan fingerprint density at radius 3 is 3.11 bits per heavy atom. The zero-order valence-corrected chi connectivity index (χ0v) is 12.0. The second kappa shape index (κ2) is 5.51. The van der Waals surface area contributed by atoms with Gasteiger partial charge < -0.3 is 15.0 Å². The molecule has 0 aliphatic carbocycles. The van der Waals surface area contributed by atoms with Crippen molar-refractivity contribution in [1.82, 2.24) is 5.32 Å². The van der Waals surface area contributed by atoms with E-state index >= 15 is 0 Å². The van der Waals surface area contributed by atoms with Gasteiger partial charge in [-0.3, -0.25) is 0 Å². The number of hydrogen-bond acceptors (Lipinski definition) is 3. The molecule has 0 aromatic heterocycles. The molecule has 0 radical (unpaired) electrons. The molecule has 3 rings (SSSR count). The molecule has 104 valence electrons. The van der Waals surface area contributed by atoms with Crippen molar-refractivity contribution in [2.24, 2.45) is 5.92 Å². The largest absolute Gasteiger partial charge is 0.379 e. The Morgan fingerprint density at radius 2 is 2.26 bits per heavy atom. The molecule has 2 unspecified atom stereocenters. The van der Waals surface area contributed by atoms with Crippen LogP contribution in [0.15, 0.2) is 18.2 Å². The summed E-state index contributed by atoms with van der Waals surface area (Å²) in [6, 6.07) is 7.39. The molecular formula is C16H24N2O. The monoisotopic (exact) mass is 260 g/mol. The Morgan fingerprint density at radius 1 is 1.37 bits per heavy atom. The molecule has 2 aliphatic rings. The standard InChI is InChI=1S/C16H24N2O/c1-12-5-6-16-13(8-12)4-3-7-18(16)9-14-10-19-11-15(14)17-2/h5-6,8,14-15,17H,3-4,7,9-11H2,1-2H3. The van der Waals surface area contributed by atoms with Crippen molar-refractivity contribution in [1.29, 1.82) is 0 Å². The lowest BCUT2D eigenvalue weighted by atomic mass is 9.97. The highest BCUT2D eigenvalue weighted by Gasteiger charge is 2.29. The molecular weight excluding hydrogens is 236 g/mol. The third-order valence-electron chi connectivity index (χ3n) is 4.47. The molecule has 0 bridgehead atoms. The van der Waals surface area contributed by atoms with Crippen molar-refractivity contribution >= 4 is 5.69 Å². The fourth-order valence-corrected chi connectivity index (χ4v) is 3.37. The van der Waals surface area contributed by atoms with Gasteiger partial charge in [0.2, 0.25) is 0 Å². The van der Waals surface area contributed by atoms with Gasteiger partial charge in [0.15, 0.2) is 0 Å². The summed E-state index contributed by atoms with van der Waals surface area (Å²) in [4.78, 5) is 2.56. The van der Waals surface area contributed by atoms with Gasteiger partial charge in [0, 0.05) is 30.7 Å². The van der Waals surface area contributed by atoms with Crippen LogP contribution in [0.5, 0.6) is 0 Å². The number of hydrogen-bond donors (Lipinski definition) is 1. The predicted octanol–water partition coefficient (Wildman–Crippen LogP) is 1.98. The van der Waals surface area contributed by atoms with Crippen LogP contribution in [0.4, 0.5) is 5.69 Å². The van der Waals surface area contributed by atoms with E-state index in [1.807, 2.05) is 7.05 Å². The Labute approximate surface area is 115 Å². The van der Waals surface area contributed by atoms with Crippen LogP contribution >= 0.6 is 0 Å². The molecule has 19 heavy (non-hydrogen) atoms. The maximum absolute atomic E-state index is 5.62. The summed E-state index contributed by atoms with van der Waals surface area (Å²) in [5, 5.41) is 3.38. The average molecular weight is 260 g/mol. The number of nitrogens with zero attached hydrogens (tertiary/aromatic N) is 1. The molecule has 2 heterocycles. The zero-order valence-electron chi connectivity index (χ0n) is 12.0. The first-order valence-electron chi connectivity index (χ1n) is 7.37. The summed E-state index contributed by atoms with van der Waals surface area (Å²) >= 11 is 0. The first kappa shape index (κ1) is 12.9. The number of anilines is 1. The van der Waals surface area contributed by atoms with Gasteiger partial charge >= 0.3 is 0 Å². The molecule has 2 atom stereocenters. The van der Waals surface area contributed by atoms with Gasteiger partial charge in [0.25, 0.3) is 0 Å². The Hall–Kier alpha value is -1.06. The first-order chi connectivity index (χ1) is 9.28. The van der Waals surface area contributed by atoms with Crippen LogP contribution in [0.1, 0.15) is 17.5 Å². The molecule has 1 aromatic carbocycles. The fourth-order valence-electron chi connectivity index (χ4n) is 3.37. The minimum Gasteiger partial charge on any atom is -0.379 e. The maximum atomic E-state index is 5.62. The van der Waals surface area contributed by atoms with Gasteiger partial charge in [-0.25, -0.2) is 0 Å². The lowest BCUT2D eigenvalue weighted by Gasteiger charge is -2.34. The SMILES string of the molecule is CNC1COCC1CN1CCCc2cc(C)ccc21. The van der Waals surface area contributed by atoms with Crippen molar-refractivity contribution in [3.63, 3.8) is 0 Å². The van der Waals surface area contributed by atoms with Gasteiger partial charge in [-0.15, -0.1) is 0 Å². The molecule has 1 aromatic rings. The molecule has 3 heteroatoms. The molecule has 1 saturated heterocycles. The van der Waals surface area contributed by atoms with Crippen molar-refractivity contribution in [2.45, 2.75) is 25.8 Å². The van der Waals surface area contributed by atoms with Crippen molar-refractivity contribution < 1.29 is 4.74 Å². The summed E-state index contributed by atoms with van der Waals surface area (Å²) in [6.07, 6.45) is 2.50. The van der Waals surface area contributed by atoms with E-state index in [9.17, 15) is 0 Å². The Balaban J connectivity index is 1.76. The van der Waals surface area contributed by atoms with Crippen LogP contribution in [-0.2, 0) is 11.2 Å².